The molecule has 0 unspecified atom stereocenters. The second-order valence-electron chi connectivity index (χ2n) is 5.67. The molecule has 0 amide bonds. The van der Waals surface area contributed by atoms with E-state index in [1.54, 1.807) is 14.2 Å². The lowest BCUT2D eigenvalue weighted by atomic mass is 9.92. The molecule has 0 bridgehead atoms. The van der Waals surface area contributed by atoms with Crippen molar-refractivity contribution < 1.29 is 9.47 Å². The average molecular weight is 326 g/mol. The normalized spacial score (nSPS) is 14.6. The first kappa shape index (κ1) is 16.1. The predicted molar refractivity (Wildman–Crippen MR) is 96.3 cm³/mol. The smallest absolute Gasteiger partial charge is 0.223 e. The van der Waals surface area contributed by atoms with Crippen LogP contribution in [0.1, 0.15) is 25.5 Å². The van der Waals surface area contributed by atoms with Crippen molar-refractivity contribution in [3.63, 3.8) is 0 Å². The number of rotatable bonds is 4. The fraction of sp³-hybridized carbons (Fsp3) is 0.333. The van der Waals surface area contributed by atoms with Gasteiger partial charge in [0.1, 0.15) is 0 Å². The zero-order valence-electron chi connectivity index (χ0n) is 14.4. The first-order chi connectivity index (χ1) is 11.6. The van der Waals surface area contributed by atoms with Crippen LogP contribution in [-0.4, -0.2) is 31.2 Å². The van der Waals surface area contributed by atoms with E-state index in [0.717, 1.165) is 46.3 Å². The van der Waals surface area contributed by atoms with Gasteiger partial charge in [-0.15, -0.1) is 0 Å². The summed E-state index contributed by atoms with van der Waals surface area (Å²) in [6, 6.07) is 3.80. The van der Waals surface area contributed by atoms with Crippen molar-refractivity contribution in [2.45, 2.75) is 19.8 Å². The Morgan fingerprint density at radius 1 is 1.12 bits per heavy atom. The van der Waals surface area contributed by atoms with Crippen molar-refractivity contribution in [2.24, 2.45) is 5.73 Å². The van der Waals surface area contributed by atoms with E-state index >= 15 is 0 Å². The molecule has 0 atom stereocenters. The molecule has 1 aliphatic carbocycles. The molecular formula is C18H22N4O2. The van der Waals surface area contributed by atoms with Gasteiger partial charge in [-0.1, -0.05) is 6.08 Å². The van der Waals surface area contributed by atoms with Crippen LogP contribution < -0.4 is 20.5 Å². The highest BCUT2D eigenvalue weighted by Crippen LogP contribution is 2.38. The summed E-state index contributed by atoms with van der Waals surface area (Å²) in [5.41, 5.74) is 10.8. The Bertz CT molecular complexity index is 856. The van der Waals surface area contributed by atoms with Crippen molar-refractivity contribution in [3.05, 3.63) is 35.2 Å². The highest BCUT2D eigenvalue weighted by molar-refractivity contribution is 5.94. The first-order valence-corrected chi connectivity index (χ1v) is 7.86. The Balaban J connectivity index is 2.34. The van der Waals surface area contributed by atoms with Crippen LogP contribution in [0.2, 0.25) is 0 Å². The van der Waals surface area contributed by atoms with Gasteiger partial charge in [0.15, 0.2) is 11.5 Å². The Hall–Kier alpha value is -2.76. The highest BCUT2D eigenvalue weighted by Gasteiger charge is 2.19. The van der Waals surface area contributed by atoms with E-state index in [2.05, 4.69) is 16.4 Å². The van der Waals surface area contributed by atoms with Crippen LogP contribution in [0, 0.1) is 0 Å². The summed E-state index contributed by atoms with van der Waals surface area (Å²) in [6.45, 7) is 2.04. The molecule has 0 spiro atoms. The third-order valence-corrected chi connectivity index (χ3v) is 4.35. The summed E-state index contributed by atoms with van der Waals surface area (Å²) in [7, 11) is 5.05. The third-order valence-electron chi connectivity index (χ3n) is 4.35. The van der Waals surface area contributed by atoms with Gasteiger partial charge in [0.2, 0.25) is 5.95 Å². The summed E-state index contributed by atoms with van der Waals surface area (Å²) in [6.07, 6.45) is 3.87. The number of nitrogens with two attached hydrogens (primary N) is 1. The highest BCUT2D eigenvalue weighted by atomic mass is 16.5. The number of ether oxygens (including phenoxy) is 2. The molecular weight excluding hydrogens is 304 g/mol. The number of hydrogen-bond acceptors (Lipinski definition) is 6. The van der Waals surface area contributed by atoms with Crippen LogP contribution >= 0.6 is 0 Å². The zero-order chi connectivity index (χ0) is 17.3. The van der Waals surface area contributed by atoms with Crippen LogP contribution in [0.15, 0.2) is 29.5 Å². The fourth-order valence-corrected chi connectivity index (χ4v) is 2.98. The van der Waals surface area contributed by atoms with E-state index in [9.17, 15) is 0 Å². The molecule has 0 aliphatic heterocycles. The van der Waals surface area contributed by atoms with Gasteiger partial charge in [0.05, 0.1) is 25.4 Å². The van der Waals surface area contributed by atoms with E-state index in [4.69, 9.17) is 20.2 Å². The van der Waals surface area contributed by atoms with E-state index < -0.39 is 0 Å². The fourth-order valence-electron chi connectivity index (χ4n) is 2.98. The molecule has 1 aromatic heterocycles. The molecule has 1 heterocycles. The molecule has 0 saturated heterocycles. The van der Waals surface area contributed by atoms with Crippen molar-refractivity contribution in [3.8, 4) is 11.5 Å². The number of fused-ring (bicyclic) bond motifs is 1. The number of hydrogen-bond donors (Lipinski definition) is 2. The van der Waals surface area contributed by atoms with Gasteiger partial charge in [-0.05, 0) is 37.0 Å². The lowest BCUT2D eigenvalue weighted by Crippen LogP contribution is -2.09. The lowest BCUT2D eigenvalue weighted by Gasteiger charge is -2.19. The summed E-state index contributed by atoms with van der Waals surface area (Å²) < 4.78 is 10.8. The number of aromatic nitrogens is 2. The number of nitrogens with zero attached hydrogens (tertiary/aromatic N) is 2. The molecule has 6 nitrogen and oxygen atoms in total. The summed E-state index contributed by atoms with van der Waals surface area (Å²) in [4.78, 5) is 9.25. The molecule has 3 rings (SSSR count). The van der Waals surface area contributed by atoms with Crippen molar-refractivity contribution in [2.75, 3.05) is 26.6 Å². The minimum Gasteiger partial charge on any atom is -0.493 e. The lowest BCUT2D eigenvalue weighted by molar-refractivity contribution is 0.356. The van der Waals surface area contributed by atoms with Gasteiger partial charge in [0.25, 0.3) is 0 Å². The second-order valence-corrected chi connectivity index (χ2v) is 5.67. The van der Waals surface area contributed by atoms with E-state index in [-0.39, 0.29) is 0 Å². The van der Waals surface area contributed by atoms with Crippen LogP contribution in [0.3, 0.4) is 0 Å². The summed E-state index contributed by atoms with van der Waals surface area (Å²) in [5.74, 6) is 1.87. The molecule has 0 radical (unpaired) electrons. The van der Waals surface area contributed by atoms with Gasteiger partial charge in [-0.25, -0.2) is 9.97 Å². The summed E-state index contributed by atoms with van der Waals surface area (Å²) >= 11 is 0. The number of nitrogens with one attached hydrogen (secondary N) is 1. The van der Waals surface area contributed by atoms with Gasteiger partial charge >= 0.3 is 0 Å². The maximum atomic E-state index is 6.12. The average Bonchev–Trinajstić information content (AvgIpc) is 2.61. The number of benzene rings is 1. The molecule has 24 heavy (non-hydrogen) atoms. The van der Waals surface area contributed by atoms with Gasteiger partial charge in [-0.2, -0.15) is 0 Å². The number of methoxy groups -OCH3 is 2. The largest absolute Gasteiger partial charge is 0.493 e. The van der Waals surface area contributed by atoms with Gasteiger partial charge in [0, 0.05) is 24.2 Å². The van der Waals surface area contributed by atoms with Crippen molar-refractivity contribution in [1.29, 1.82) is 0 Å². The maximum Gasteiger partial charge on any atom is 0.223 e. The van der Waals surface area contributed by atoms with Crippen LogP contribution in [-0.2, 0) is 0 Å². The summed E-state index contributed by atoms with van der Waals surface area (Å²) in [5, 5.41) is 3.95. The molecule has 0 saturated carbocycles. The SMILES string of the molecule is CNc1nc(C2=C(C)C(N)=CCC2)c2cc(OC)c(OC)cc2n1. The second kappa shape index (κ2) is 6.39. The Morgan fingerprint density at radius 2 is 1.83 bits per heavy atom. The van der Waals surface area contributed by atoms with Gasteiger partial charge in [-0.3, -0.25) is 0 Å². The zero-order valence-corrected chi connectivity index (χ0v) is 14.4. The monoisotopic (exact) mass is 326 g/mol. The Morgan fingerprint density at radius 3 is 2.50 bits per heavy atom. The van der Waals surface area contributed by atoms with Gasteiger partial charge < -0.3 is 20.5 Å². The van der Waals surface area contributed by atoms with Crippen LogP contribution in [0.5, 0.6) is 11.5 Å². The molecule has 3 N–H and O–H groups in total. The molecule has 0 fully saturated rings. The number of anilines is 1. The Labute approximate surface area is 141 Å². The van der Waals surface area contributed by atoms with Crippen molar-refractivity contribution >= 4 is 22.4 Å². The standard InChI is InChI=1S/C18H22N4O2/c1-10-11(6-5-7-13(10)19)17-12-8-15(23-3)16(24-4)9-14(12)21-18(20-2)22-17/h7-9H,5-6,19H2,1-4H3,(H,20,21,22). The molecule has 2 aromatic rings. The molecule has 1 aliphatic rings. The van der Waals surface area contributed by atoms with Crippen LogP contribution in [0.4, 0.5) is 5.95 Å². The van der Waals surface area contributed by atoms with E-state index in [1.807, 2.05) is 26.1 Å². The van der Waals surface area contributed by atoms with E-state index in [0.29, 0.717) is 17.4 Å². The minimum absolute atomic E-state index is 0.568. The Kier molecular flexibility index (Phi) is 4.29. The van der Waals surface area contributed by atoms with E-state index in [1.165, 1.54) is 0 Å². The third kappa shape index (κ3) is 2.64. The maximum absolute atomic E-state index is 6.12. The van der Waals surface area contributed by atoms with Crippen LogP contribution in [0.25, 0.3) is 16.5 Å². The quantitative estimate of drug-likeness (QED) is 0.898. The topological polar surface area (TPSA) is 82.3 Å². The molecule has 126 valence electrons. The molecule has 1 aromatic carbocycles. The molecule has 6 heteroatoms. The number of allylic oxidation sites excluding steroid dienone is 3. The first-order valence-electron chi connectivity index (χ1n) is 7.86. The minimum atomic E-state index is 0.568. The van der Waals surface area contributed by atoms with Crippen molar-refractivity contribution in [1.82, 2.24) is 9.97 Å². The predicted octanol–water partition coefficient (Wildman–Crippen LogP) is 3.10.